The number of nitrogens with two attached hydrogens (primary N) is 2. The third kappa shape index (κ3) is 14.2. The topological polar surface area (TPSA) is 330 Å². The van der Waals surface area contributed by atoms with Crippen molar-refractivity contribution < 1.29 is 38.4 Å². The summed E-state index contributed by atoms with van der Waals surface area (Å²) in [6.45, 7) is 2.39. The van der Waals surface area contributed by atoms with Gasteiger partial charge in [-0.1, -0.05) is 48.5 Å². The van der Waals surface area contributed by atoms with Crippen molar-refractivity contribution in [1.29, 1.82) is 0 Å². The zero-order chi connectivity index (χ0) is 46.2. The Labute approximate surface area is 368 Å². The summed E-state index contributed by atoms with van der Waals surface area (Å²) in [5.74, 6) is -5.88. The number of benzene rings is 2. The molecule has 0 saturated carbocycles. The average Bonchev–Trinajstić information content (AvgIpc) is 3.93. The fourth-order valence-electron chi connectivity index (χ4n) is 7.19. The summed E-state index contributed by atoms with van der Waals surface area (Å²) in [7, 11) is 0. The molecule has 3 heterocycles. The van der Waals surface area contributed by atoms with Gasteiger partial charge in [0, 0.05) is 68.3 Å². The predicted molar refractivity (Wildman–Crippen MR) is 235 cm³/mol. The molecule has 340 valence electrons. The summed E-state index contributed by atoms with van der Waals surface area (Å²) in [4.78, 5) is 124. The Bertz CT molecular complexity index is 2310. The number of carbonyl (C=O) groups excluding carboxylic acids is 8. The zero-order valence-corrected chi connectivity index (χ0v) is 35.6. The van der Waals surface area contributed by atoms with Crippen LogP contribution in [0.5, 0.6) is 0 Å². The normalized spacial score (nSPS) is 22.0. The molecule has 1 saturated heterocycles. The second-order valence-corrected chi connectivity index (χ2v) is 15.5. The number of aliphatic imine (C=N–C) groups is 1. The number of guanidine groups is 1. The molecule has 7 amide bonds. The number of para-hydroxylation sites is 1. The quantitative estimate of drug-likeness (QED) is 0.0437. The molecule has 2 aromatic heterocycles. The van der Waals surface area contributed by atoms with Gasteiger partial charge in [-0.2, -0.15) is 0 Å². The number of H-pyrrole nitrogens is 2. The molecule has 1 aliphatic heterocycles. The molecule has 5 rings (SSSR count). The molecule has 21 nitrogen and oxygen atoms in total. The first-order valence-corrected chi connectivity index (χ1v) is 20.8. The number of fused-ring (bicyclic) bond motifs is 1. The van der Waals surface area contributed by atoms with Crippen LogP contribution in [-0.2, 0) is 57.6 Å². The van der Waals surface area contributed by atoms with Crippen LogP contribution in [0, 0.1) is 0 Å². The maximum absolute atomic E-state index is 14.5. The van der Waals surface area contributed by atoms with Crippen molar-refractivity contribution in [1.82, 2.24) is 52.2 Å². The highest BCUT2D eigenvalue weighted by atomic mass is 16.2. The minimum absolute atomic E-state index is 0.0133. The van der Waals surface area contributed by atoms with E-state index in [1.165, 1.54) is 19.4 Å². The molecule has 0 aliphatic carbocycles. The summed E-state index contributed by atoms with van der Waals surface area (Å²) >= 11 is 0. The van der Waals surface area contributed by atoms with E-state index in [-0.39, 0.29) is 57.6 Å². The summed E-state index contributed by atoms with van der Waals surface area (Å²) in [6.07, 6.45) is 3.86. The van der Waals surface area contributed by atoms with Gasteiger partial charge in [-0.05, 0) is 43.4 Å². The SMILES string of the molecule is CC(=O)N[C@H]1CC(=O)NCC[C@@H](C(C)=O)NC(=O)[C@H](Cc2c[nH]c3ccccc23)NC(=O)[C@H](CCCN=C(N)N)NC(=O)[C@@H](Cc2ccccc2)NC(=O)[C@H](Cc2cnc[nH]2)NC1=O. The fourth-order valence-corrected chi connectivity index (χ4v) is 7.19. The first-order valence-electron chi connectivity index (χ1n) is 20.8. The monoisotopic (exact) mass is 881 g/mol. The van der Waals surface area contributed by atoms with Crippen LogP contribution in [0.4, 0.5) is 0 Å². The van der Waals surface area contributed by atoms with E-state index in [1.54, 1.807) is 36.5 Å². The Kier molecular flexibility index (Phi) is 17.1. The van der Waals surface area contributed by atoms with Crippen molar-refractivity contribution in [3.8, 4) is 0 Å². The Morgan fingerprint density at radius 3 is 2.05 bits per heavy atom. The number of hydrogen-bond donors (Lipinski definition) is 11. The van der Waals surface area contributed by atoms with Gasteiger partial charge in [0.15, 0.2) is 11.7 Å². The minimum Gasteiger partial charge on any atom is -0.370 e. The van der Waals surface area contributed by atoms with Gasteiger partial charge in [0.25, 0.3) is 0 Å². The van der Waals surface area contributed by atoms with E-state index >= 15 is 0 Å². The predicted octanol–water partition coefficient (Wildman–Crippen LogP) is -1.60. The number of hydrogen-bond acceptors (Lipinski definition) is 10. The molecule has 0 bridgehead atoms. The van der Waals surface area contributed by atoms with E-state index in [0.717, 1.165) is 17.8 Å². The van der Waals surface area contributed by atoms with Crippen LogP contribution >= 0.6 is 0 Å². The molecule has 4 aromatic rings. The van der Waals surface area contributed by atoms with Crippen LogP contribution in [0.3, 0.4) is 0 Å². The second-order valence-electron chi connectivity index (χ2n) is 15.5. The lowest BCUT2D eigenvalue weighted by atomic mass is 10.0. The van der Waals surface area contributed by atoms with Crippen molar-refractivity contribution in [3.63, 3.8) is 0 Å². The van der Waals surface area contributed by atoms with E-state index in [2.05, 4.69) is 57.2 Å². The standard InChI is InChI=1S/C43H55N13O8/c1-24(57)30-14-16-47-37(59)20-36(51-25(2)58)42(64)56-35(19-28-22-46-23-50-28)41(63)54-33(17-26-9-4-3-5-10-26)39(61)53-32(13-8-15-48-43(44)45)38(60)55-34(40(62)52-30)18-27-21-49-31-12-7-6-11-29(27)31/h3-7,9-12,21-23,30,32-36,49H,8,13-20H2,1-2H3,(H,46,50)(H,47,59)(H,51,58)(H,52,62)(H,53,61)(H,54,63)(H,55,60)(H,56,64)(H4,44,45,48)/t30-,32-,33+,34-,35-,36-/m0/s1. The third-order valence-corrected chi connectivity index (χ3v) is 10.5. The van der Waals surface area contributed by atoms with E-state index in [9.17, 15) is 38.4 Å². The number of ketones is 1. The molecule has 64 heavy (non-hydrogen) atoms. The Hall–Kier alpha value is -7.58. The number of aromatic amines is 2. The highest BCUT2D eigenvalue weighted by molar-refractivity contribution is 5.98. The van der Waals surface area contributed by atoms with Crippen molar-refractivity contribution in [2.75, 3.05) is 13.1 Å². The lowest BCUT2D eigenvalue weighted by Crippen LogP contribution is -2.60. The van der Waals surface area contributed by atoms with Crippen LogP contribution in [0.2, 0.25) is 0 Å². The van der Waals surface area contributed by atoms with Crippen LogP contribution in [0.25, 0.3) is 10.9 Å². The van der Waals surface area contributed by atoms with Crippen molar-refractivity contribution in [3.05, 3.63) is 90.1 Å². The van der Waals surface area contributed by atoms with Crippen LogP contribution < -0.4 is 48.7 Å². The van der Waals surface area contributed by atoms with E-state index in [1.807, 2.05) is 24.3 Å². The lowest BCUT2D eigenvalue weighted by Gasteiger charge is -2.27. The summed E-state index contributed by atoms with van der Waals surface area (Å²) < 4.78 is 0. The largest absolute Gasteiger partial charge is 0.370 e. The maximum atomic E-state index is 14.5. The van der Waals surface area contributed by atoms with Crippen LogP contribution in [-0.4, -0.2) is 117 Å². The van der Waals surface area contributed by atoms with Gasteiger partial charge in [-0.3, -0.25) is 43.3 Å². The maximum Gasteiger partial charge on any atom is 0.243 e. The molecular weight excluding hydrogens is 827 g/mol. The van der Waals surface area contributed by atoms with Crippen molar-refractivity contribution in [2.24, 2.45) is 16.5 Å². The number of Topliss-reactive ketones (excluding diaryl/α,β-unsaturated/α-hetero) is 1. The Morgan fingerprint density at radius 1 is 0.750 bits per heavy atom. The number of imidazole rings is 1. The average molecular weight is 882 g/mol. The van der Waals surface area contributed by atoms with Gasteiger partial charge in [-0.15, -0.1) is 0 Å². The second kappa shape index (κ2) is 23.0. The molecule has 1 fully saturated rings. The molecule has 21 heteroatoms. The molecule has 6 atom stereocenters. The first-order chi connectivity index (χ1) is 30.7. The number of rotatable bonds is 12. The number of aromatic nitrogens is 3. The number of carbonyl (C=O) groups is 8. The molecule has 0 unspecified atom stereocenters. The van der Waals surface area contributed by atoms with E-state index < -0.39 is 89.8 Å². The van der Waals surface area contributed by atoms with Gasteiger partial charge >= 0.3 is 0 Å². The number of nitrogens with zero attached hydrogens (tertiary/aromatic N) is 2. The van der Waals surface area contributed by atoms with Gasteiger partial charge < -0.3 is 58.7 Å². The molecule has 0 spiro atoms. The fraction of sp³-hybridized carbons (Fsp3) is 0.395. The van der Waals surface area contributed by atoms with Crippen LogP contribution in [0.1, 0.15) is 56.4 Å². The number of amides is 7. The van der Waals surface area contributed by atoms with E-state index in [0.29, 0.717) is 16.8 Å². The number of nitrogens with one attached hydrogen (secondary N) is 9. The van der Waals surface area contributed by atoms with Crippen molar-refractivity contribution in [2.45, 2.75) is 95.0 Å². The summed E-state index contributed by atoms with van der Waals surface area (Å²) in [5, 5.41) is 19.5. The van der Waals surface area contributed by atoms with Crippen LogP contribution in [0.15, 0.2) is 78.3 Å². The molecule has 0 radical (unpaired) electrons. The third-order valence-electron chi connectivity index (χ3n) is 10.5. The smallest absolute Gasteiger partial charge is 0.243 e. The molecular formula is C43H55N13O8. The van der Waals surface area contributed by atoms with Gasteiger partial charge in [-0.25, -0.2) is 4.98 Å². The molecule has 13 N–H and O–H groups in total. The van der Waals surface area contributed by atoms with E-state index in [4.69, 9.17) is 11.5 Å². The first kappa shape index (κ1) is 47.5. The minimum atomic E-state index is -1.45. The highest BCUT2D eigenvalue weighted by Gasteiger charge is 2.34. The van der Waals surface area contributed by atoms with Gasteiger partial charge in [0.05, 0.1) is 18.8 Å². The molecule has 1 aliphatic rings. The Balaban J connectivity index is 1.55. The zero-order valence-electron chi connectivity index (χ0n) is 35.6. The lowest BCUT2D eigenvalue weighted by molar-refractivity contribution is -0.135. The molecule has 2 aromatic carbocycles. The van der Waals surface area contributed by atoms with Gasteiger partial charge in [0.1, 0.15) is 30.2 Å². The Morgan fingerprint density at radius 2 is 1.38 bits per heavy atom. The summed E-state index contributed by atoms with van der Waals surface area (Å²) in [6, 6.07) is 8.27. The van der Waals surface area contributed by atoms with Crippen molar-refractivity contribution >= 4 is 64.0 Å². The van der Waals surface area contributed by atoms with Gasteiger partial charge in [0.2, 0.25) is 41.4 Å². The summed E-state index contributed by atoms with van der Waals surface area (Å²) in [5.41, 5.74) is 13.6. The highest BCUT2D eigenvalue weighted by Crippen LogP contribution is 2.20.